The fourth-order valence-corrected chi connectivity index (χ4v) is 3.00. The fraction of sp³-hybridized carbons (Fsp3) is 0.636. The highest BCUT2D eigenvalue weighted by atomic mass is 35.5. The zero-order chi connectivity index (χ0) is 10.5. The van der Waals surface area contributed by atoms with Gasteiger partial charge in [-0.2, -0.15) is 0 Å². The van der Waals surface area contributed by atoms with E-state index < -0.39 is 0 Å². The molecule has 84 valence electrons. The molecule has 0 radical (unpaired) electrons. The van der Waals surface area contributed by atoms with Crippen LogP contribution in [-0.4, -0.2) is 25.7 Å². The third-order valence-electron chi connectivity index (χ3n) is 2.73. The number of hydrogen-bond donors (Lipinski definition) is 2. The number of hydrogen-bond acceptors (Lipinski definition) is 3. The van der Waals surface area contributed by atoms with Gasteiger partial charge in [0.15, 0.2) is 0 Å². The maximum absolute atomic E-state index is 5.88. The van der Waals surface area contributed by atoms with Crippen LogP contribution in [0.1, 0.15) is 17.7 Å². The molecule has 15 heavy (non-hydrogen) atoms. The summed E-state index contributed by atoms with van der Waals surface area (Å²) < 4.78 is 0.893. The highest BCUT2D eigenvalue weighted by Gasteiger charge is 2.11. The molecule has 2 nitrogen and oxygen atoms in total. The molecule has 2 rings (SSSR count). The maximum Gasteiger partial charge on any atom is 0.0931 e. The van der Waals surface area contributed by atoms with Crippen molar-refractivity contribution in [2.24, 2.45) is 0 Å². The maximum atomic E-state index is 5.88. The van der Waals surface area contributed by atoms with Crippen molar-refractivity contribution in [2.75, 3.05) is 19.6 Å². The summed E-state index contributed by atoms with van der Waals surface area (Å²) in [5.41, 5.74) is 0. The Kier molecular flexibility index (Phi) is 4.44. The van der Waals surface area contributed by atoms with Crippen LogP contribution in [0.15, 0.2) is 12.1 Å². The van der Waals surface area contributed by atoms with Gasteiger partial charge in [0.1, 0.15) is 0 Å². The van der Waals surface area contributed by atoms with Crippen LogP contribution in [0, 0.1) is 0 Å². The molecular formula is C11H17ClN2S. The summed E-state index contributed by atoms with van der Waals surface area (Å²) in [6.07, 6.45) is 3.69. The Labute approximate surface area is 100 Å². The second-order valence-corrected chi connectivity index (χ2v) is 5.75. The Hall–Kier alpha value is -0.0900. The Bertz CT molecular complexity index is 295. The van der Waals surface area contributed by atoms with Crippen molar-refractivity contribution in [2.45, 2.75) is 25.3 Å². The first kappa shape index (κ1) is 11.4. The lowest BCUT2D eigenvalue weighted by atomic mass is 10.1. The van der Waals surface area contributed by atoms with Crippen LogP contribution in [0.25, 0.3) is 0 Å². The topological polar surface area (TPSA) is 24.1 Å². The summed E-state index contributed by atoms with van der Waals surface area (Å²) in [6.45, 7) is 3.35. The van der Waals surface area contributed by atoms with E-state index >= 15 is 0 Å². The van der Waals surface area contributed by atoms with Gasteiger partial charge in [-0.1, -0.05) is 11.6 Å². The second kappa shape index (κ2) is 5.85. The number of halogens is 1. The summed E-state index contributed by atoms with van der Waals surface area (Å²) >= 11 is 7.56. The Balaban J connectivity index is 1.65. The van der Waals surface area contributed by atoms with Crippen LogP contribution in [0.2, 0.25) is 4.34 Å². The Morgan fingerprint density at radius 2 is 2.47 bits per heavy atom. The van der Waals surface area contributed by atoms with Gasteiger partial charge in [-0.25, -0.2) is 0 Å². The molecule has 1 aliphatic rings. The zero-order valence-corrected chi connectivity index (χ0v) is 10.3. The minimum absolute atomic E-state index is 0.661. The van der Waals surface area contributed by atoms with Gasteiger partial charge in [0.2, 0.25) is 0 Å². The quantitative estimate of drug-likeness (QED) is 0.849. The molecular weight excluding hydrogens is 228 g/mol. The van der Waals surface area contributed by atoms with Gasteiger partial charge >= 0.3 is 0 Å². The van der Waals surface area contributed by atoms with Gasteiger partial charge < -0.3 is 10.6 Å². The van der Waals surface area contributed by atoms with Crippen molar-refractivity contribution in [3.05, 3.63) is 21.3 Å². The molecule has 1 aromatic rings. The van der Waals surface area contributed by atoms with E-state index in [2.05, 4.69) is 16.7 Å². The number of piperidine rings is 1. The van der Waals surface area contributed by atoms with Gasteiger partial charge in [-0.3, -0.25) is 0 Å². The molecule has 2 N–H and O–H groups in total. The fourth-order valence-electron chi connectivity index (χ4n) is 1.91. The lowest BCUT2D eigenvalue weighted by Gasteiger charge is -2.23. The molecule has 0 amide bonds. The molecule has 1 aliphatic heterocycles. The van der Waals surface area contributed by atoms with Gasteiger partial charge in [0, 0.05) is 24.0 Å². The lowest BCUT2D eigenvalue weighted by molar-refractivity contribution is 0.392. The predicted molar refractivity (Wildman–Crippen MR) is 66.9 cm³/mol. The summed E-state index contributed by atoms with van der Waals surface area (Å²) in [6, 6.07) is 4.76. The normalized spacial score (nSPS) is 21.8. The van der Waals surface area contributed by atoms with E-state index in [9.17, 15) is 0 Å². The van der Waals surface area contributed by atoms with E-state index in [4.69, 9.17) is 11.6 Å². The molecule has 1 unspecified atom stereocenters. The van der Waals surface area contributed by atoms with Crippen LogP contribution in [0.3, 0.4) is 0 Å². The van der Waals surface area contributed by atoms with E-state index in [0.717, 1.165) is 23.8 Å². The van der Waals surface area contributed by atoms with Gasteiger partial charge in [-0.15, -0.1) is 11.3 Å². The molecule has 0 saturated carbocycles. The highest BCUT2D eigenvalue weighted by Crippen LogP contribution is 2.21. The average molecular weight is 245 g/mol. The standard InChI is InChI=1S/C11H17ClN2S/c12-11-4-3-10(15-11)5-7-14-9-2-1-6-13-8-9/h3-4,9,13-14H,1-2,5-8H2. The zero-order valence-electron chi connectivity index (χ0n) is 8.76. The van der Waals surface area contributed by atoms with Crippen molar-refractivity contribution in [3.63, 3.8) is 0 Å². The molecule has 1 saturated heterocycles. The van der Waals surface area contributed by atoms with Gasteiger partial charge in [0.05, 0.1) is 4.34 Å². The first-order valence-corrected chi connectivity index (χ1v) is 6.72. The monoisotopic (exact) mass is 244 g/mol. The molecule has 0 bridgehead atoms. The highest BCUT2D eigenvalue weighted by molar-refractivity contribution is 7.16. The lowest BCUT2D eigenvalue weighted by Crippen LogP contribution is -2.43. The van der Waals surface area contributed by atoms with Crippen LogP contribution >= 0.6 is 22.9 Å². The first-order chi connectivity index (χ1) is 7.34. The largest absolute Gasteiger partial charge is 0.315 e. The van der Waals surface area contributed by atoms with Crippen LogP contribution in [0.5, 0.6) is 0 Å². The molecule has 0 aliphatic carbocycles. The van der Waals surface area contributed by atoms with Crippen molar-refractivity contribution in [1.82, 2.24) is 10.6 Å². The molecule has 4 heteroatoms. The average Bonchev–Trinajstić information content (AvgIpc) is 2.66. The van der Waals surface area contributed by atoms with Crippen molar-refractivity contribution >= 4 is 22.9 Å². The van der Waals surface area contributed by atoms with E-state index in [-0.39, 0.29) is 0 Å². The van der Waals surface area contributed by atoms with E-state index in [1.54, 1.807) is 11.3 Å². The van der Waals surface area contributed by atoms with Crippen LogP contribution in [0.4, 0.5) is 0 Å². The second-order valence-electron chi connectivity index (χ2n) is 3.95. The third kappa shape index (κ3) is 3.76. The molecule has 1 aromatic heterocycles. The van der Waals surface area contributed by atoms with E-state index in [0.29, 0.717) is 6.04 Å². The summed E-state index contributed by atoms with van der Waals surface area (Å²) in [5, 5.41) is 6.99. The Morgan fingerprint density at radius 3 is 3.13 bits per heavy atom. The minimum atomic E-state index is 0.661. The van der Waals surface area contributed by atoms with E-state index in [1.165, 1.54) is 24.3 Å². The molecule has 1 fully saturated rings. The number of nitrogens with one attached hydrogen (secondary N) is 2. The smallest absolute Gasteiger partial charge is 0.0931 e. The van der Waals surface area contributed by atoms with Crippen molar-refractivity contribution in [1.29, 1.82) is 0 Å². The van der Waals surface area contributed by atoms with Gasteiger partial charge in [-0.05, 0) is 37.9 Å². The van der Waals surface area contributed by atoms with Crippen LogP contribution in [-0.2, 0) is 6.42 Å². The summed E-state index contributed by atoms with van der Waals surface area (Å²) in [5.74, 6) is 0. The molecule has 1 atom stereocenters. The predicted octanol–water partition coefficient (Wildman–Crippen LogP) is 2.29. The van der Waals surface area contributed by atoms with Gasteiger partial charge in [0.25, 0.3) is 0 Å². The summed E-state index contributed by atoms with van der Waals surface area (Å²) in [4.78, 5) is 1.37. The molecule has 0 spiro atoms. The molecule has 0 aromatic carbocycles. The summed E-state index contributed by atoms with van der Waals surface area (Å²) in [7, 11) is 0. The van der Waals surface area contributed by atoms with Crippen LogP contribution < -0.4 is 10.6 Å². The first-order valence-electron chi connectivity index (χ1n) is 5.53. The third-order valence-corrected chi connectivity index (χ3v) is 4.02. The van der Waals surface area contributed by atoms with Crippen molar-refractivity contribution in [3.8, 4) is 0 Å². The number of thiophene rings is 1. The Morgan fingerprint density at radius 1 is 1.53 bits per heavy atom. The molecule has 2 heterocycles. The number of rotatable bonds is 4. The van der Waals surface area contributed by atoms with Crippen molar-refractivity contribution < 1.29 is 0 Å². The van der Waals surface area contributed by atoms with E-state index in [1.807, 2.05) is 6.07 Å². The SMILES string of the molecule is Clc1ccc(CCNC2CCCNC2)s1. The minimum Gasteiger partial charge on any atom is -0.315 e.